The third-order valence-corrected chi connectivity index (χ3v) is 4.41. The van der Waals surface area contributed by atoms with Gasteiger partial charge in [0.25, 0.3) is 5.91 Å². The number of amides is 2. The van der Waals surface area contributed by atoms with Crippen LogP contribution in [0, 0.1) is 5.82 Å². The van der Waals surface area contributed by atoms with Crippen molar-refractivity contribution >= 4 is 18.1 Å². The first-order chi connectivity index (χ1) is 12.7. The van der Waals surface area contributed by atoms with E-state index in [-0.39, 0.29) is 11.7 Å². The summed E-state index contributed by atoms with van der Waals surface area (Å²) in [6, 6.07) is 9.82. The van der Waals surface area contributed by atoms with E-state index in [9.17, 15) is 14.0 Å². The molecule has 1 aliphatic heterocycles. The molecule has 2 aromatic rings. The van der Waals surface area contributed by atoms with E-state index in [1.54, 1.807) is 29.3 Å². The van der Waals surface area contributed by atoms with Gasteiger partial charge in [-0.2, -0.15) is 0 Å². The number of nitrogens with one attached hydrogen (secondary N) is 1. The van der Waals surface area contributed by atoms with Gasteiger partial charge in [0.05, 0.1) is 5.56 Å². The number of piperazine rings is 1. The summed E-state index contributed by atoms with van der Waals surface area (Å²) in [5, 5.41) is 2.84. The van der Waals surface area contributed by atoms with Crippen LogP contribution in [-0.2, 0) is 11.2 Å². The smallest absolute Gasteiger partial charge is 0.252 e. The summed E-state index contributed by atoms with van der Waals surface area (Å²) >= 11 is 0. The van der Waals surface area contributed by atoms with Crippen LogP contribution in [0.1, 0.15) is 15.9 Å². The molecular weight excluding hydrogens is 335 g/mol. The fourth-order valence-electron chi connectivity index (χ4n) is 2.84. The number of nitrogens with zero attached hydrogens (tertiary/aromatic N) is 3. The van der Waals surface area contributed by atoms with Gasteiger partial charge >= 0.3 is 0 Å². The monoisotopic (exact) mass is 356 g/mol. The first-order valence-corrected chi connectivity index (χ1v) is 8.59. The van der Waals surface area contributed by atoms with Gasteiger partial charge in [-0.05, 0) is 36.2 Å². The normalized spacial score (nSPS) is 14.2. The van der Waals surface area contributed by atoms with E-state index >= 15 is 0 Å². The molecule has 0 spiro atoms. The van der Waals surface area contributed by atoms with Gasteiger partial charge in [0.1, 0.15) is 11.6 Å². The van der Waals surface area contributed by atoms with E-state index in [0.717, 1.165) is 30.9 Å². The van der Waals surface area contributed by atoms with Gasteiger partial charge in [-0.3, -0.25) is 9.59 Å². The Morgan fingerprint density at radius 3 is 2.46 bits per heavy atom. The fourth-order valence-corrected chi connectivity index (χ4v) is 2.84. The topological polar surface area (TPSA) is 65.5 Å². The number of rotatable bonds is 6. The Hall–Kier alpha value is -2.96. The van der Waals surface area contributed by atoms with Crippen molar-refractivity contribution in [2.24, 2.45) is 0 Å². The van der Waals surface area contributed by atoms with Gasteiger partial charge in [-0.15, -0.1) is 0 Å². The predicted molar refractivity (Wildman–Crippen MR) is 96.5 cm³/mol. The molecular formula is C19H21FN4O2. The minimum Gasteiger partial charge on any atom is -0.353 e. The number of pyridine rings is 1. The summed E-state index contributed by atoms with van der Waals surface area (Å²) in [4.78, 5) is 31.1. The standard InChI is InChI=1S/C19H21FN4O2/c20-17-4-1-15(2-5-17)7-8-21-19(26)16-3-6-18(22-13-16)24-11-9-23(14-25)10-12-24/h1-6,13-14H,7-12H2,(H,21,26). The van der Waals surface area contributed by atoms with Gasteiger partial charge in [0.15, 0.2) is 0 Å². The van der Waals surface area contributed by atoms with Gasteiger partial charge < -0.3 is 15.1 Å². The lowest BCUT2D eigenvalue weighted by Crippen LogP contribution is -2.46. The van der Waals surface area contributed by atoms with E-state index in [2.05, 4.69) is 15.2 Å². The lowest BCUT2D eigenvalue weighted by atomic mass is 10.1. The molecule has 1 saturated heterocycles. The first kappa shape index (κ1) is 17.8. The molecule has 0 radical (unpaired) electrons. The van der Waals surface area contributed by atoms with Crippen molar-refractivity contribution < 1.29 is 14.0 Å². The predicted octanol–water partition coefficient (Wildman–Crippen LogP) is 1.47. The van der Waals surface area contributed by atoms with Crippen LogP contribution >= 0.6 is 0 Å². The number of anilines is 1. The highest BCUT2D eigenvalue weighted by Gasteiger charge is 2.17. The zero-order valence-electron chi connectivity index (χ0n) is 14.4. The minimum absolute atomic E-state index is 0.183. The molecule has 1 aromatic carbocycles. The number of benzene rings is 1. The molecule has 1 aliphatic rings. The Morgan fingerprint density at radius 1 is 1.12 bits per heavy atom. The van der Waals surface area contributed by atoms with Crippen molar-refractivity contribution in [1.82, 2.24) is 15.2 Å². The van der Waals surface area contributed by atoms with Crippen LogP contribution in [0.3, 0.4) is 0 Å². The molecule has 1 aromatic heterocycles. The van der Waals surface area contributed by atoms with Crippen molar-refractivity contribution in [3.63, 3.8) is 0 Å². The Morgan fingerprint density at radius 2 is 1.85 bits per heavy atom. The van der Waals surface area contributed by atoms with E-state index < -0.39 is 0 Å². The quantitative estimate of drug-likeness (QED) is 0.796. The lowest BCUT2D eigenvalue weighted by molar-refractivity contribution is -0.118. The van der Waals surface area contributed by atoms with Gasteiger partial charge in [-0.1, -0.05) is 12.1 Å². The Labute approximate surface area is 151 Å². The molecule has 0 saturated carbocycles. The van der Waals surface area contributed by atoms with Crippen molar-refractivity contribution in [3.8, 4) is 0 Å². The highest BCUT2D eigenvalue weighted by molar-refractivity contribution is 5.94. The highest BCUT2D eigenvalue weighted by Crippen LogP contribution is 2.13. The zero-order valence-corrected chi connectivity index (χ0v) is 14.4. The van der Waals surface area contributed by atoms with E-state index in [0.29, 0.717) is 31.6 Å². The summed E-state index contributed by atoms with van der Waals surface area (Å²) in [5.74, 6) is 0.354. The number of hydrogen-bond donors (Lipinski definition) is 1. The van der Waals surface area contributed by atoms with Crippen molar-refractivity contribution in [2.45, 2.75) is 6.42 Å². The molecule has 0 atom stereocenters. The minimum atomic E-state index is -0.267. The van der Waals surface area contributed by atoms with Crippen molar-refractivity contribution in [2.75, 3.05) is 37.6 Å². The highest BCUT2D eigenvalue weighted by atomic mass is 19.1. The molecule has 0 aliphatic carbocycles. The molecule has 136 valence electrons. The van der Waals surface area contributed by atoms with Crippen LogP contribution in [0.2, 0.25) is 0 Å². The number of carbonyl (C=O) groups excluding carboxylic acids is 2. The fraction of sp³-hybridized carbons (Fsp3) is 0.316. The average Bonchev–Trinajstić information content (AvgIpc) is 2.69. The molecule has 1 fully saturated rings. The second-order valence-corrected chi connectivity index (χ2v) is 6.17. The maximum absolute atomic E-state index is 12.9. The third-order valence-electron chi connectivity index (χ3n) is 4.41. The largest absolute Gasteiger partial charge is 0.353 e. The lowest BCUT2D eigenvalue weighted by Gasteiger charge is -2.33. The summed E-state index contributed by atoms with van der Waals surface area (Å²) in [7, 11) is 0. The summed E-state index contributed by atoms with van der Waals surface area (Å²) < 4.78 is 12.9. The molecule has 26 heavy (non-hydrogen) atoms. The van der Waals surface area contributed by atoms with E-state index in [1.807, 2.05) is 6.07 Å². The number of hydrogen-bond acceptors (Lipinski definition) is 4. The Bertz CT molecular complexity index is 741. The molecule has 7 heteroatoms. The first-order valence-electron chi connectivity index (χ1n) is 8.59. The summed E-state index contributed by atoms with van der Waals surface area (Å²) in [6.45, 7) is 3.29. The van der Waals surface area contributed by atoms with E-state index in [4.69, 9.17) is 0 Å². The molecule has 0 unspecified atom stereocenters. The Kier molecular flexibility index (Phi) is 5.78. The second-order valence-electron chi connectivity index (χ2n) is 6.17. The van der Waals surface area contributed by atoms with Gasteiger partial charge in [0.2, 0.25) is 6.41 Å². The molecule has 2 amide bonds. The molecule has 0 bridgehead atoms. The van der Waals surface area contributed by atoms with Crippen LogP contribution < -0.4 is 10.2 Å². The number of carbonyl (C=O) groups is 2. The second kappa shape index (κ2) is 8.42. The number of aromatic nitrogens is 1. The molecule has 3 rings (SSSR count). The summed E-state index contributed by atoms with van der Waals surface area (Å²) in [5.41, 5.74) is 1.47. The SMILES string of the molecule is O=CN1CCN(c2ccc(C(=O)NCCc3ccc(F)cc3)cn2)CC1. The zero-order chi connectivity index (χ0) is 18.4. The van der Waals surface area contributed by atoms with E-state index in [1.165, 1.54) is 12.1 Å². The van der Waals surface area contributed by atoms with Gasteiger partial charge in [-0.25, -0.2) is 9.37 Å². The molecule has 6 nitrogen and oxygen atoms in total. The average molecular weight is 356 g/mol. The molecule has 2 heterocycles. The van der Waals surface area contributed by atoms with Crippen LogP contribution in [0.5, 0.6) is 0 Å². The summed E-state index contributed by atoms with van der Waals surface area (Å²) in [6.07, 6.45) is 3.07. The third kappa shape index (κ3) is 4.56. The number of halogens is 1. The van der Waals surface area contributed by atoms with Crippen molar-refractivity contribution in [1.29, 1.82) is 0 Å². The van der Waals surface area contributed by atoms with Crippen LogP contribution in [-0.4, -0.2) is 54.9 Å². The van der Waals surface area contributed by atoms with Crippen LogP contribution in [0.15, 0.2) is 42.6 Å². The van der Waals surface area contributed by atoms with Gasteiger partial charge in [0, 0.05) is 38.9 Å². The Balaban J connectivity index is 1.49. The maximum Gasteiger partial charge on any atom is 0.252 e. The maximum atomic E-state index is 12.9. The molecule has 1 N–H and O–H groups in total. The van der Waals surface area contributed by atoms with Crippen LogP contribution in [0.4, 0.5) is 10.2 Å². The van der Waals surface area contributed by atoms with Crippen molar-refractivity contribution in [3.05, 3.63) is 59.5 Å². The van der Waals surface area contributed by atoms with Crippen LogP contribution in [0.25, 0.3) is 0 Å².